The van der Waals surface area contributed by atoms with Gasteiger partial charge in [0, 0.05) is 24.9 Å². The quantitative estimate of drug-likeness (QED) is 0.663. The minimum atomic E-state index is -1.11. The van der Waals surface area contributed by atoms with E-state index in [0.717, 1.165) is 23.8 Å². The highest BCUT2D eigenvalue weighted by molar-refractivity contribution is 6.39. The van der Waals surface area contributed by atoms with Crippen LogP contribution < -0.4 is 10.6 Å². The van der Waals surface area contributed by atoms with Crippen molar-refractivity contribution in [3.8, 4) is 0 Å². The van der Waals surface area contributed by atoms with E-state index < -0.39 is 23.4 Å². The van der Waals surface area contributed by atoms with Crippen LogP contribution in [0.3, 0.4) is 0 Å². The molecule has 1 unspecified atom stereocenters. The molecule has 5 nitrogen and oxygen atoms in total. The van der Waals surface area contributed by atoms with Crippen LogP contribution in [-0.4, -0.2) is 30.1 Å². The summed E-state index contributed by atoms with van der Waals surface area (Å²) in [7, 11) is 0. The molecule has 2 amide bonds. The molecule has 0 fully saturated rings. The lowest BCUT2D eigenvalue weighted by Crippen LogP contribution is -2.36. The van der Waals surface area contributed by atoms with E-state index in [-0.39, 0.29) is 24.8 Å². The first kappa shape index (κ1) is 19.5. The maximum absolute atomic E-state index is 13.1. The Bertz CT molecular complexity index is 754. The van der Waals surface area contributed by atoms with Crippen molar-refractivity contribution in [2.45, 2.75) is 18.8 Å². The molecule has 0 aromatic heterocycles. The highest BCUT2D eigenvalue weighted by Crippen LogP contribution is 2.22. The Hall–Kier alpha value is -2.80. The van der Waals surface area contributed by atoms with Crippen LogP contribution in [0.25, 0.3) is 0 Å². The molecule has 0 saturated heterocycles. The molecule has 0 heterocycles. The number of halogens is 2. The van der Waals surface area contributed by atoms with Crippen molar-refractivity contribution in [3.63, 3.8) is 0 Å². The second-order valence-electron chi connectivity index (χ2n) is 5.75. The summed E-state index contributed by atoms with van der Waals surface area (Å²) in [4.78, 5) is 23.6. The highest BCUT2D eigenvalue weighted by atomic mass is 19.2. The van der Waals surface area contributed by atoms with Crippen LogP contribution in [0, 0.1) is 11.6 Å². The van der Waals surface area contributed by atoms with E-state index in [1.54, 1.807) is 0 Å². The number of rotatable bonds is 7. The summed E-state index contributed by atoms with van der Waals surface area (Å²) >= 11 is 0. The summed E-state index contributed by atoms with van der Waals surface area (Å²) in [6, 6.07) is 12.4. The summed E-state index contributed by atoms with van der Waals surface area (Å²) in [5.41, 5.74) is 1.04. The Morgan fingerprint density at radius 2 is 1.69 bits per heavy atom. The van der Waals surface area contributed by atoms with E-state index in [9.17, 15) is 23.5 Å². The van der Waals surface area contributed by atoms with Crippen LogP contribution in [0.15, 0.2) is 48.5 Å². The normalized spacial score (nSPS) is 11.7. The van der Waals surface area contributed by atoms with Crippen molar-refractivity contribution in [3.05, 3.63) is 65.7 Å². The molecule has 0 saturated carbocycles. The van der Waals surface area contributed by atoms with E-state index in [1.165, 1.54) is 0 Å². The number of benzene rings is 2. The minimum absolute atomic E-state index is 0.00788. The SMILES string of the molecule is O=C(NCCC(CCO)c1ccccc1)C(=O)Nc1ccc(F)c(F)c1. The number of carbonyl (C=O) groups is 2. The van der Waals surface area contributed by atoms with E-state index in [0.29, 0.717) is 12.8 Å². The Balaban J connectivity index is 1.84. The van der Waals surface area contributed by atoms with Gasteiger partial charge in [-0.2, -0.15) is 0 Å². The van der Waals surface area contributed by atoms with E-state index in [2.05, 4.69) is 10.6 Å². The number of carbonyl (C=O) groups excluding carboxylic acids is 2. The van der Waals surface area contributed by atoms with Gasteiger partial charge in [-0.05, 0) is 36.5 Å². The van der Waals surface area contributed by atoms with Crippen molar-refractivity contribution in [1.29, 1.82) is 0 Å². The Morgan fingerprint density at radius 1 is 0.962 bits per heavy atom. The van der Waals surface area contributed by atoms with Crippen LogP contribution >= 0.6 is 0 Å². The molecule has 0 aliphatic heterocycles. The van der Waals surface area contributed by atoms with Crippen molar-refractivity contribution < 1.29 is 23.5 Å². The van der Waals surface area contributed by atoms with Crippen LogP contribution in [0.1, 0.15) is 24.3 Å². The third-order valence-electron chi connectivity index (χ3n) is 3.91. The fraction of sp³-hybridized carbons (Fsp3) is 0.263. The van der Waals surface area contributed by atoms with Gasteiger partial charge in [0.05, 0.1) is 0 Å². The summed E-state index contributed by atoms with van der Waals surface area (Å²) in [6.07, 6.45) is 1.09. The van der Waals surface area contributed by atoms with Crippen molar-refractivity contribution in [2.24, 2.45) is 0 Å². The van der Waals surface area contributed by atoms with Gasteiger partial charge < -0.3 is 15.7 Å². The lowest BCUT2D eigenvalue weighted by Gasteiger charge is -2.16. The molecule has 2 rings (SSSR count). The first-order valence-corrected chi connectivity index (χ1v) is 8.21. The Labute approximate surface area is 150 Å². The lowest BCUT2D eigenvalue weighted by atomic mass is 9.93. The first-order valence-electron chi connectivity index (χ1n) is 8.21. The number of anilines is 1. The minimum Gasteiger partial charge on any atom is -0.396 e. The van der Waals surface area contributed by atoms with E-state index in [1.807, 2.05) is 30.3 Å². The third kappa shape index (κ3) is 5.63. The Morgan fingerprint density at radius 3 is 2.35 bits per heavy atom. The zero-order chi connectivity index (χ0) is 18.9. The summed E-state index contributed by atoms with van der Waals surface area (Å²) < 4.78 is 26.0. The zero-order valence-corrected chi connectivity index (χ0v) is 14.0. The molecule has 0 aliphatic rings. The van der Waals surface area contributed by atoms with Gasteiger partial charge in [-0.3, -0.25) is 9.59 Å². The van der Waals surface area contributed by atoms with Crippen molar-refractivity contribution in [1.82, 2.24) is 5.32 Å². The molecule has 3 N–H and O–H groups in total. The first-order chi connectivity index (χ1) is 12.5. The highest BCUT2D eigenvalue weighted by Gasteiger charge is 2.16. The van der Waals surface area contributed by atoms with Crippen LogP contribution in [0.5, 0.6) is 0 Å². The van der Waals surface area contributed by atoms with Crippen LogP contribution in [0.2, 0.25) is 0 Å². The number of aliphatic hydroxyl groups is 1. The van der Waals surface area contributed by atoms with Gasteiger partial charge in [0.25, 0.3) is 0 Å². The van der Waals surface area contributed by atoms with Gasteiger partial charge in [-0.15, -0.1) is 0 Å². The summed E-state index contributed by atoms with van der Waals surface area (Å²) in [5, 5.41) is 13.9. The fourth-order valence-corrected chi connectivity index (χ4v) is 2.56. The third-order valence-corrected chi connectivity index (χ3v) is 3.91. The maximum Gasteiger partial charge on any atom is 0.313 e. The number of aliphatic hydroxyl groups excluding tert-OH is 1. The number of hydrogen-bond acceptors (Lipinski definition) is 3. The molecule has 26 heavy (non-hydrogen) atoms. The van der Waals surface area contributed by atoms with Gasteiger partial charge in [0.15, 0.2) is 11.6 Å². The predicted molar refractivity (Wildman–Crippen MR) is 93.5 cm³/mol. The average Bonchev–Trinajstić information content (AvgIpc) is 2.64. The van der Waals surface area contributed by atoms with Gasteiger partial charge in [0.2, 0.25) is 0 Å². The zero-order valence-electron chi connectivity index (χ0n) is 14.0. The average molecular weight is 362 g/mol. The second-order valence-corrected chi connectivity index (χ2v) is 5.75. The van der Waals surface area contributed by atoms with Gasteiger partial charge in [0.1, 0.15) is 0 Å². The smallest absolute Gasteiger partial charge is 0.313 e. The molecule has 0 radical (unpaired) electrons. The van der Waals surface area contributed by atoms with Crippen molar-refractivity contribution >= 4 is 17.5 Å². The monoisotopic (exact) mass is 362 g/mol. The molecule has 2 aromatic carbocycles. The predicted octanol–water partition coefficient (Wildman–Crippen LogP) is 2.58. The van der Waals surface area contributed by atoms with Gasteiger partial charge in [-0.25, -0.2) is 8.78 Å². The fourth-order valence-electron chi connectivity index (χ4n) is 2.56. The molecule has 0 bridgehead atoms. The van der Waals surface area contributed by atoms with E-state index >= 15 is 0 Å². The maximum atomic E-state index is 13.1. The topological polar surface area (TPSA) is 78.4 Å². The largest absolute Gasteiger partial charge is 0.396 e. The molecule has 0 spiro atoms. The standard InChI is InChI=1S/C19H20F2N2O3/c20-16-7-6-15(12-17(16)21)23-19(26)18(25)22-10-8-14(9-11-24)13-4-2-1-3-5-13/h1-7,12,14,24H,8-11H2,(H,22,25)(H,23,26). The molecule has 7 heteroatoms. The molecular weight excluding hydrogens is 342 g/mol. The Kier molecular flexibility index (Phi) is 7.23. The molecule has 138 valence electrons. The number of hydrogen-bond donors (Lipinski definition) is 3. The van der Waals surface area contributed by atoms with Crippen LogP contribution in [-0.2, 0) is 9.59 Å². The van der Waals surface area contributed by atoms with E-state index in [4.69, 9.17) is 0 Å². The van der Waals surface area contributed by atoms with Crippen molar-refractivity contribution in [2.75, 3.05) is 18.5 Å². The molecule has 2 aromatic rings. The lowest BCUT2D eigenvalue weighted by molar-refractivity contribution is -0.136. The number of amides is 2. The molecular formula is C19H20F2N2O3. The van der Waals surface area contributed by atoms with Gasteiger partial charge >= 0.3 is 11.8 Å². The summed E-state index contributed by atoms with van der Waals surface area (Å²) in [5.74, 6) is -3.93. The molecule has 1 atom stereocenters. The summed E-state index contributed by atoms with van der Waals surface area (Å²) in [6.45, 7) is 0.258. The molecule has 0 aliphatic carbocycles. The second kappa shape index (κ2) is 9.62. The van der Waals surface area contributed by atoms with Gasteiger partial charge in [-0.1, -0.05) is 30.3 Å². The van der Waals surface area contributed by atoms with Crippen LogP contribution in [0.4, 0.5) is 14.5 Å². The number of nitrogens with one attached hydrogen (secondary N) is 2.